The van der Waals surface area contributed by atoms with Gasteiger partial charge >= 0.3 is 5.97 Å². The second-order valence-electron chi connectivity index (χ2n) is 4.34. The van der Waals surface area contributed by atoms with Crippen LogP contribution < -0.4 is 5.73 Å². The van der Waals surface area contributed by atoms with Crippen LogP contribution in [0.1, 0.15) is 11.1 Å². The highest BCUT2D eigenvalue weighted by Crippen LogP contribution is 2.23. The first kappa shape index (κ1) is 12.2. The Hall–Kier alpha value is -2.88. The molecule has 0 atom stereocenters. The van der Waals surface area contributed by atoms with E-state index in [2.05, 4.69) is 5.16 Å². The summed E-state index contributed by atoms with van der Waals surface area (Å²) in [5, 5.41) is 3.84. The van der Waals surface area contributed by atoms with Crippen LogP contribution in [0.3, 0.4) is 0 Å². The molecule has 4 heteroatoms. The Balaban J connectivity index is 2.12. The highest BCUT2D eigenvalue weighted by molar-refractivity contribution is 6.32. The van der Waals surface area contributed by atoms with Crippen molar-refractivity contribution in [1.82, 2.24) is 0 Å². The Bertz CT molecular complexity index is 704. The molecular weight excluding hydrogens is 252 g/mol. The van der Waals surface area contributed by atoms with Gasteiger partial charge < -0.3 is 10.6 Å². The molecule has 3 rings (SSSR count). The van der Waals surface area contributed by atoms with Crippen LogP contribution >= 0.6 is 0 Å². The first-order chi connectivity index (χ1) is 9.77. The maximum atomic E-state index is 11.9. The Morgan fingerprint density at radius 2 is 1.55 bits per heavy atom. The molecule has 0 aliphatic carbocycles. The number of oxime groups is 1. The van der Waals surface area contributed by atoms with Gasteiger partial charge in [-0.15, -0.1) is 0 Å². The largest absolute Gasteiger partial charge is 0.397 e. The topological polar surface area (TPSA) is 64.7 Å². The van der Waals surface area contributed by atoms with Gasteiger partial charge in [-0.25, -0.2) is 4.79 Å². The van der Waals surface area contributed by atoms with Crippen molar-refractivity contribution >= 4 is 17.4 Å². The Labute approximate surface area is 116 Å². The lowest BCUT2D eigenvalue weighted by Crippen LogP contribution is -2.14. The lowest BCUT2D eigenvalue weighted by Gasteiger charge is -2.06. The van der Waals surface area contributed by atoms with Crippen LogP contribution in [0.15, 0.2) is 71.4 Å². The van der Waals surface area contributed by atoms with Gasteiger partial charge in [-0.2, -0.15) is 0 Å². The van der Waals surface area contributed by atoms with Crippen molar-refractivity contribution in [3.63, 3.8) is 0 Å². The first-order valence-electron chi connectivity index (χ1n) is 6.17. The van der Waals surface area contributed by atoms with Crippen LogP contribution in [-0.2, 0) is 9.63 Å². The quantitative estimate of drug-likeness (QED) is 0.668. The molecule has 0 amide bonds. The van der Waals surface area contributed by atoms with Gasteiger partial charge in [0.15, 0.2) is 0 Å². The van der Waals surface area contributed by atoms with Crippen molar-refractivity contribution in [3.05, 3.63) is 77.4 Å². The van der Waals surface area contributed by atoms with Crippen LogP contribution in [0, 0.1) is 0 Å². The van der Waals surface area contributed by atoms with Crippen molar-refractivity contribution in [2.75, 3.05) is 0 Å². The fourth-order valence-corrected chi connectivity index (χ4v) is 2.07. The van der Waals surface area contributed by atoms with Crippen LogP contribution in [-0.4, -0.2) is 11.7 Å². The zero-order valence-corrected chi connectivity index (χ0v) is 10.6. The van der Waals surface area contributed by atoms with E-state index in [0.29, 0.717) is 17.0 Å². The van der Waals surface area contributed by atoms with Crippen molar-refractivity contribution in [3.8, 4) is 0 Å². The summed E-state index contributed by atoms with van der Waals surface area (Å²) in [5.74, 6) is -0.523. The predicted molar refractivity (Wildman–Crippen MR) is 76.6 cm³/mol. The molecule has 1 heterocycles. The number of hydrogen-bond donors (Lipinski definition) is 1. The molecule has 4 nitrogen and oxygen atoms in total. The SMILES string of the molecule is NC(=C1C(=O)ON=C1c1ccccc1)c1ccccc1. The Morgan fingerprint density at radius 1 is 0.950 bits per heavy atom. The minimum Gasteiger partial charge on any atom is -0.397 e. The average Bonchev–Trinajstić information content (AvgIpc) is 2.90. The van der Waals surface area contributed by atoms with E-state index >= 15 is 0 Å². The number of rotatable bonds is 2. The van der Waals surface area contributed by atoms with E-state index in [1.165, 1.54) is 0 Å². The monoisotopic (exact) mass is 264 g/mol. The third-order valence-electron chi connectivity index (χ3n) is 3.06. The van der Waals surface area contributed by atoms with E-state index in [0.717, 1.165) is 11.1 Å². The van der Waals surface area contributed by atoms with Crippen molar-refractivity contribution < 1.29 is 9.63 Å². The van der Waals surface area contributed by atoms with Crippen LogP contribution in [0.2, 0.25) is 0 Å². The summed E-state index contributed by atoms with van der Waals surface area (Å²) in [6.07, 6.45) is 0. The van der Waals surface area contributed by atoms with Gasteiger partial charge in [0.25, 0.3) is 0 Å². The first-order valence-corrected chi connectivity index (χ1v) is 6.17. The molecule has 98 valence electrons. The van der Waals surface area contributed by atoms with E-state index < -0.39 is 5.97 Å². The van der Waals surface area contributed by atoms with Gasteiger partial charge in [-0.3, -0.25) is 0 Å². The molecule has 0 aromatic heterocycles. The molecule has 0 saturated heterocycles. The molecule has 1 aliphatic heterocycles. The molecule has 0 spiro atoms. The fourth-order valence-electron chi connectivity index (χ4n) is 2.07. The third-order valence-corrected chi connectivity index (χ3v) is 3.06. The summed E-state index contributed by atoms with van der Waals surface area (Å²) in [6, 6.07) is 18.7. The normalized spacial score (nSPS) is 16.6. The summed E-state index contributed by atoms with van der Waals surface area (Å²) >= 11 is 0. The predicted octanol–water partition coefficient (Wildman–Crippen LogP) is 2.32. The molecule has 20 heavy (non-hydrogen) atoms. The van der Waals surface area contributed by atoms with Crippen molar-refractivity contribution in [2.45, 2.75) is 0 Å². The maximum Gasteiger partial charge on any atom is 0.370 e. The number of nitrogens with zero attached hydrogens (tertiary/aromatic N) is 1. The number of carbonyl (C=O) groups excluding carboxylic acids is 1. The van der Waals surface area contributed by atoms with Crippen LogP contribution in [0.4, 0.5) is 0 Å². The van der Waals surface area contributed by atoms with Gasteiger partial charge in [0.05, 0.1) is 5.70 Å². The van der Waals surface area contributed by atoms with Crippen LogP contribution in [0.5, 0.6) is 0 Å². The minimum atomic E-state index is -0.523. The Kier molecular flexibility index (Phi) is 3.05. The van der Waals surface area contributed by atoms with Gasteiger partial charge in [-0.1, -0.05) is 65.8 Å². The van der Waals surface area contributed by atoms with E-state index in [4.69, 9.17) is 10.6 Å². The van der Waals surface area contributed by atoms with Gasteiger partial charge in [-0.05, 0) is 5.56 Å². The molecule has 0 fully saturated rings. The van der Waals surface area contributed by atoms with Crippen LogP contribution in [0.25, 0.3) is 5.70 Å². The van der Waals surface area contributed by atoms with E-state index in [9.17, 15) is 4.79 Å². The van der Waals surface area contributed by atoms with Crippen molar-refractivity contribution in [1.29, 1.82) is 0 Å². The summed E-state index contributed by atoms with van der Waals surface area (Å²) in [5.41, 5.74) is 8.83. The molecule has 0 radical (unpaired) electrons. The maximum absolute atomic E-state index is 11.9. The molecule has 0 bridgehead atoms. The molecule has 1 aliphatic rings. The lowest BCUT2D eigenvalue weighted by atomic mass is 9.98. The summed E-state index contributed by atoms with van der Waals surface area (Å²) < 4.78 is 0. The second kappa shape index (κ2) is 5.01. The summed E-state index contributed by atoms with van der Waals surface area (Å²) in [7, 11) is 0. The van der Waals surface area contributed by atoms with E-state index in [1.54, 1.807) is 0 Å². The fraction of sp³-hybridized carbons (Fsp3) is 0. The van der Waals surface area contributed by atoms with Gasteiger partial charge in [0.1, 0.15) is 11.3 Å². The zero-order chi connectivity index (χ0) is 13.9. The standard InChI is InChI=1S/C16H12N2O2/c17-14(11-7-3-1-4-8-11)13-15(18-20-16(13)19)12-9-5-2-6-10-12/h1-10H,17H2. The van der Waals surface area contributed by atoms with E-state index in [-0.39, 0.29) is 0 Å². The summed E-state index contributed by atoms with van der Waals surface area (Å²) in [6.45, 7) is 0. The minimum absolute atomic E-state index is 0.308. The number of carbonyl (C=O) groups is 1. The van der Waals surface area contributed by atoms with E-state index in [1.807, 2.05) is 60.7 Å². The molecule has 0 unspecified atom stereocenters. The average molecular weight is 264 g/mol. The number of hydrogen-bond acceptors (Lipinski definition) is 4. The van der Waals surface area contributed by atoms with Crippen molar-refractivity contribution in [2.24, 2.45) is 10.9 Å². The lowest BCUT2D eigenvalue weighted by molar-refractivity contribution is -0.136. The molecular formula is C16H12N2O2. The highest BCUT2D eigenvalue weighted by Gasteiger charge is 2.29. The van der Waals surface area contributed by atoms with Gasteiger partial charge in [0, 0.05) is 5.56 Å². The highest BCUT2D eigenvalue weighted by atomic mass is 16.7. The molecule has 2 aromatic rings. The second-order valence-corrected chi connectivity index (χ2v) is 4.34. The van der Waals surface area contributed by atoms with Gasteiger partial charge in [0.2, 0.25) is 0 Å². The number of nitrogens with two attached hydrogens (primary N) is 1. The molecule has 2 aromatic carbocycles. The molecule has 0 saturated carbocycles. The third kappa shape index (κ3) is 2.07. The Morgan fingerprint density at radius 3 is 2.20 bits per heavy atom. The number of benzene rings is 2. The molecule has 2 N–H and O–H groups in total. The summed E-state index contributed by atoms with van der Waals surface area (Å²) in [4.78, 5) is 16.7. The zero-order valence-electron chi connectivity index (χ0n) is 10.6. The smallest absolute Gasteiger partial charge is 0.370 e.